The molecule has 0 aromatic rings. The van der Waals surface area contributed by atoms with E-state index < -0.39 is 11.2 Å². The zero-order chi connectivity index (χ0) is 19.9. The molecule has 1 aliphatic heterocycles. The summed E-state index contributed by atoms with van der Waals surface area (Å²) in [6, 6.07) is 0. The van der Waals surface area contributed by atoms with Gasteiger partial charge in [0.25, 0.3) is 0 Å². The molecule has 0 amide bonds. The van der Waals surface area contributed by atoms with Crippen LogP contribution in [0.25, 0.3) is 0 Å². The summed E-state index contributed by atoms with van der Waals surface area (Å²) >= 11 is 9.03. The molecule has 146 valence electrons. The van der Waals surface area contributed by atoms with Gasteiger partial charge < -0.3 is 4.74 Å². The van der Waals surface area contributed by atoms with E-state index >= 15 is 0 Å². The number of carbonyl (C=O) groups is 3. The molecule has 1 rings (SSSR count). The van der Waals surface area contributed by atoms with Crippen LogP contribution in [-0.2, 0) is 19.1 Å². The zero-order valence-electron chi connectivity index (χ0n) is 15.8. The van der Waals surface area contributed by atoms with Crippen LogP contribution < -0.4 is 0 Å². The summed E-state index contributed by atoms with van der Waals surface area (Å²) in [5.74, 6) is 1.62. The number of allylic oxidation sites excluding steroid dienone is 2. The maximum absolute atomic E-state index is 12.4. The number of thioether (sulfide) groups is 2. The van der Waals surface area contributed by atoms with Gasteiger partial charge in [0, 0.05) is 24.5 Å². The van der Waals surface area contributed by atoms with E-state index in [-0.39, 0.29) is 27.3 Å². The second-order valence-electron chi connectivity index (χ2n) is 6.76. The summed E-state index contributed by atoms with van der Waals surface area (Å²) in [6.07, 6.45) is 2.92. The van der Waals surface area contributed by atoms with Crippen molar-refractivity contribution < 1.29 is 19.1 Å². The molecule has 0 aliphatic carbocycles. The minimum absolute atomic E-state index is 0.0282. The van der Waals surface area contributed by atoms with Gasteiger partial charge in [-0.15, -0.1) is 23.5 Å². The Bertz CT molecular complexity index is 592. The number of ketones is 1. The van der Waals surface area contributed by atoms with Crippen LogP contribution in [0.5, 0.6) is 0 Å². The zero-order valence-corrected chi connectivity index (χ0v) is 18.2. The molecule has 26 heavy (non-hydrogen) atoms. The van der Waals surface area contributed by atoms with Crippen molar-refractivity contribution in [3.8, 4) is 0 Å². The Labute approximate surface area is 169 Å². The molecule has 0 spiro atoms. The Kier molecular flexibility index (Phi) is 9.48. The van der Waals surface area contributed by atoms with E-state index in [1.807, 2.05) is 0 Å². The number of esters is 1. The molecule has 0 N–H and O–H groups in total. The number of halogens is 1. The van der Waals surface area contributed by atoms with Crippen molar-refractivity contribution in [3.05, 3.63) is 23.8 Å². The van der Waals surface area contributed by atoms with Crippen LogP contribution in [-0.4, -0.2) is 39.7 Å². The Hall–Kier alpha value is -0.720. The van der Waals surface area contributed by atoms with Crippen LogP contribution in [0.1, 0.15) is 40.0 Å². The number of methoxy groups -OCH3 is 1. The third kappa shape index (κ3) is 6.46. The molecule has 0 saturated carbocycles. The lowest BCUT2D eigenvalue weighted by Crippen LogP contribution is -2.40. The number of carbonyl (C=O) groups excluding carboxylic acids is 3. The molecular formula is C19H27ClO4S2. The molecule has 1 aliphatic rings. The summed E-state index contributed by atoms with van der Waals surface area (Å²) in [5, 5.41) is -0.703. The minimum atomic E-state index is -0.703. The fourth-order valence-corrected chi connectivity index (χ4v) is 7.10. The van der Waals surface area contributed by atoms with Gasteiger partial charge >= 0.3 is 5.97 Å². The topological polar surface area (TPSA) is 60.4 Å². The Morgan fingerprint density at radius 2 is 1.85 bits per heavy atom. The van der Waals surface area contributed by atoms with Crippen LogP contribution in [0, 0.1) is 11.8 Å². The van der Waals surface area contributed by atoms with Gasteiger partial charge in [0.1, 0.15) is 0 Å². The van der Waals surface area contributed by atoms with E-state index in [1.54, 1.807) is 30.4 Å². The fraction of sp³-hybridized carbons (Fsp3) is 0.632. The lowest BCUT2D eigenvalue weighted by Gasteiger charge is -2.44. The second-order valence-corrected chi connectivity index (χ2v) is 10.2. The molecule has 1 saturated heterocycles. The molecule has 1 fully saturated rings. The van der Waals surface area contributed by atoms with E-state index in [9.17, 15) is 14.4 Å². The van der Waals surface area contributed by atoms with Crippen LogP contribution in [0.2, 0.25) is 0 Å². The molecule has 1 unspecified atom stereocenters. The molecular weight excluding hydrogens is 392 g/mol. The minimum Gasteiger partial charge on any atom is -0.466 e. The summed E-state index contributed by atoms with van der Waals surface area (Å²) in [7, 11) is 1.28. The normalized spacial score (nSPS) is 18.3. The summed E-state index contributed by atoms with van der Waals surface area (Å²) in [6.45, 7) is 9.66. The first kappa shape index (κ1) is 23.3. The highest BCUT2D eigenvalue weighted by molar-refractivity contribution is 8.18. The molecule has 1 heterocycles. The quantitative estimate of drug-likeness (QED) is 0.309. The first-order valence-corrected chi connectivity index (χ1v) is 10.9. The average Bonchev–Trinajstić information content (AvgIpc) is 2.58. The fourth-order valence-electron chi connectivity index (χ4n) is 3.03. The predicted octanol–water partition coefficient (Wildman–Crippen LogP) is 4.62. The van der Waals surface area contributed by atoms with E-state index in [4.69, 9.17) is 16.3 Å². The molecule has 0 aromatic heterocycles. The van der Waals surface area contributed by atoms with Gasteiger partial charge in [0.15, 0.2) is 5.78 Å². The monoisotopic (exact) mass is 418 g/mol. The van der Waals surface area contributed by atoms with Gasteiger partial charge in [0.05, 0.1) is 11.2 Å². The average molecular weight is 419 g/mol. The lowest BCUT2D eigenvalue weighted by atomic mass is 9.83. The highest BCUT2D eigenvalue weighted by atomic mass is 35.5. The molecule has 0 bridgehead atoms. The molecule has 7 heteroatoms. The van der Waals surface area contributed by atoms with E-state index in [0.717, 1.165) is 24.0 Å². The van der Waals surface area contributed by atoms with E-state index in [0.29, 0.717) is 18.4 Å². The van der Waals surface area contributed by atoms with Crippen molar-refractivity contribution in [3.63, 3.8) is 0 Å². The Morgan fingerprint density at radius 1 is 1.27 bits per heavy atom. The third-order valence-electron chi connectivity index (χ3n) is 4.40. The third-order valence-corrected chi connectivity index (χ3v) is 8.08. The molecule has 0 aromatic carbocycles. The maximum Gasteiger partial charge on any atom is 0.333 e. The van der Waals surface area contributed by atoms with Gasteiger partial charge in [0.2, 0.25) is 5.24 Å². The highest BCUT2D eigenvalue weighted by Crippen LogP contribution is 2.54. The van der Waals surface area contributed by atoms with Gasteiger partial charge in [-0.2, -0.15) is 0 Å². The van der Waals surface area contributed by atoms with Crippen molar-refractivity contribution in [1.82, 2.24) is 0 Å². The number of ether oxygens (including phenoxy) is 1. The van der Waals surface area contributed by atoms with Crippen molar-refractivity contribution in [2.24, 2.45) is 11.8 Å². The summed E-state index contributed by atoms with van der Waals surface area (Å²) < 4.78 is 4.46. The van der Waals surface area contributed by atoms with Crippen LogP contribution in [0.4, 0.5) is 0 Å². The number of Topliss-reactive ketones (excluding diaryl/α,β-unsaturated/α-hetero) is 1. The Morgan fingerprint density at radius 3 is 2.27 bits per heavy atom. The van der Waals surface area contributed by atoms with Crippen LogP contribution in [0.3, 0.4) is 0 Å². The first-order valence-electron chi connectivity index (χ1n) is 8.58. The maximum atomic E-state index is 12.4. The van der Waals surface area contributed by atoms with Crippen molar-refractivity contribution in [2.45, 2.75) is 44.1 Å². The SMILES string of the molecule is C=C(C)C(=O)CC(C(C)C)C1(C/C(=C/C(=O)Cl)C(=O)OC)SCCCS1. The number of hydrogen-bond acceptors (Lipinski definition) is 6. The molecule has 0 radical (unpaired) electrons. The van der Waals surface area contributed by atoms with E-state index in [2.05, 4.69) is 20.4 Å². The van der Waals surface area contributed by atoms with Crippen LogP contribution >= 0.6 is 35.1 Å². The van der Waals surface area contributed by atoms with Gasteiger partial charge in [-0.1, -0.05) is 20.4 Å². The highest BCUT2D eigenvalue weighted by Gasteiger charge is 2.45. The van der Waals surface area contributed by atoms with Gasteiger partial charge in [-0.3, -0.25) is 9.59 Å². The predicted molar refractivity (Wildman–Crippen MR) is 111 cm³/mol. The van der Waals surface area contributed by atoms with Gasteiger partial charge in [-0.05, 0) is 53.9 Å². The largest absolute Gasteiger partial charge is 0.466 e. The number of hydrogen-bond donors (Lipinski definition) is 0. The summed E-state index contributed by atoms with van der Waals surface area (Å²) in [5.41, 5.74) is 0.791. The van der Waals surface area contributed by atoms with Crippen molar-refractivity contribution >= 4 is 52.1 Å². The van der Waals surface area contributed by atoms with Gasteiger partial charge in [-0.25, -0.2) is 4.79 Å². The first-order chi connectivity index (χ1) is 12.1. The van der Waals surface area contributed by atoms with E-state index in [1.165, 1.54) is 7.11 Å². The van der Waals surface area contributed by atoms with Crippen molar-refractivity contribution in [2.75, 3.05) is 18.6 Å². The summed E-state index contributed by atoms with van der Waals surface area (Å²) in [4.78, 5) is 36.0. The smallest absolute Gasteiger partial charge is 0.333 e. The lowest BCUT2D eigenvalue weighted by molar-refractivity contribution is -0.136. The number of rotatable bonds is 9. The Balaban J connectivity index is 3.29. The molecule has 4 nitrogen and oxygen atoms in total. The molecule has 1 atom stereocenters. The second kappa shape index (κ2) is 10.6. The van der Waals surface area contributed by atoms with Crippen molar-refractivity contribution in [1.29, 1.82) is 0 Å². The standard InChI is InChI=1S/C19H27ClO4S2/c1-12(2)15(10-16(21)13(3)4)19(25-7-6-8-26-19)11-14(9-17(20)22)18(23)24-5/h9,12,15H,3,6-8,10-11H2,1-2,4-5H3/b14-9-. The van der Waals surface area contributed by atoms with Crippen LogP contribution in [0.15, 0.2) is 23.8 Å².